The number of amides is 1. The highest BCUT2D eigenvalue weighted by Crippen LogP contribution is 2.25. The number of carbonyl (C=O) groups excluding carboxylic acids is 2. The van der Waals surface area contributed by atoms with E-state index in [4.69, 9.17) is 9.47 Å². The fourth-order valence-corrected chi connectivity index (χ4v) is 3.39. The van der Waals surface area contributed by atoms with Gasteiger partial charge in [-0.25, -0.2) is 4.98 Å². The van der Waals surface area contributed by atoms with Gasteiger partial charge in [-0.05, 0) is 25.1 Å². The molecule has 0 radical (unpaired) electrons. The fourth-order valence-electron chi connectivity index (χ4n) is 2.58. The first-order valence-electron chi connectivity index (χ1n) is 8.65. The number of para-hydroxylation sites is 2. The maximum Gasteiger partial charge on any atom is 0.312 e. The second kappa shape index (κ2) is 9.14. The number of aromatic nitrogens is 1. The molecule has 6 nitrogen and oxygen atoms in total. The van der Waals surface area contributed by atoms with Crippen molar-refractivity contribution < 1.29 is 19.1 Å². The molecule has 1 N–H and O–H groups in total. The number of esters is 1. The smallest absolute Gasteiger partial charge is 0.312 e. The Hall–Kier alpha value is -3.19. The van der Waals surface area contributed by atoms with E-state index >= 15 is 0 Å². The van der Waals surface area contributed by atoms with Gasteiger partial charge in [0.05, 0.1) is 24.9 Å². The molecule has 2 aromatic carbocycles. The van der Waals surface area contributed by atoms with E-state index in [1.54, 1.807) is 24.3 Å². The number of anilines is 1. The van der Waals surface area contributed by atoms with Crippen LogP contribution in [0.4, 0.5) is 5.69 Å². The van der Waals surface area contributed by atoms with Crippen molar-refractivity contribution in [2.75, 3.05) is 19.0 Å². The number of hydrogen-bond donors (Lipinski definition) is 1. The number of aryl methyl sites for hydroxylation is 1. The summed E-state index contributed by atoms with van der Waals surface area (Å²) in [4.78, 5) is 28.5. The van der Waals surface area contributed by atoms with Gasteiger partial charge >= 0.3 is 5.97 Å². The molecule has 0 unspecified atom stereocenters. The molecule has 0 fully saturated rings. The topological polar surface area (TPSA) is 77.5 Å². The molecular formula is C21H20N2O4S. The van der Waals surface area contributed by atoms with Crippen LogP contribution in [0.5, 0.6) is 5.75 Å². The first-order valence-corrected chi connectivity index (χ1v) is 9.53. The largest absolute Gasteiger partial charge is 0.495 e. The molecule has 0 saturated carbocycles. The number of hydrogen-bond acceptors (Lipinski definition) is 6. The molecule has 144 valence electrons. The van der Waals surface area contributed by atoms with Crippen molar-refractivity contribution in [3.8, 4) is 16.3 Å². The highest BCUT2D eigenvalue weighted by molar-refractivity contribution is 7.13. The second-order valence-corrected chi connectivity index (χ2v) is 6.96. The van der Waals surface area contributed by atoms with E-state index < -0.39 is 11.9 Å². The highest BCUT2D eigenvalue weighted by Gasteiger charge is 2.13. The molecule has 1 amide bonds. The molecule has 7 heteroatoms. The Kier molecular flexibility index (Phi) is 6.39. The summed E-state index contributed by atoms with van der Waals surface area (Å²) >= 11 is 1.47. The number of rotatable bonds is 7. The molecular weight excluding hydrogens is 376 g/mol. The van der Waals surface area contributed by atoms with Gasteiger partial charge in [-0.15, -0.1) is 11.3 Å². The summed E-state index contributed by atoms with van der Waals surface area (Å²) in [5.74, 6) is -0.402. The van der Waals surface area contributed by atoms with E-state index in [0.29, 0.717) is 17.1 Å². The van der Waals surface area contributed by atoms with Gasteiger partial charge in [-0.3, -0.25) is 9.59 Å². The third-order valence-corrected chi connectivity index (χ3v) is 4.83. The Labute approximate surface area is 167 Å². The Balaban J connectivity index is 1.51. The van der Waals surface area contributed by atoms with Crippen molar-refractivity contribution in [1.29, 1.82) is 0 Å². The van der Waals surface area contributed by atoms with Crippen LogP contribution in [0.1, 0.15) is 11.3 Å². The predicted octanol–water partition coefficient (Wildman–Crippen LogP) is 3.85. The standard InChI is InChI=1S/C21H20N2O4S/c1-14-6-5-7-15(10-14)21-22-16(13-28-21)11-20(25)27-12-19(24)23-17-8-3-4-9-18(17)26-2/h3-10,13H,11-12H2,1-2H3,(H,23,24). The molecule has 0 aliphatic rings. The Morgan fingerprint density at radius 2 is 1.96 bits per heavy atom. The lowest BCUT2D eigenvalue weighted by Crippen LogP contribution is -2.22. The molecule has 1 aromatic heterocycles. The van der Waals surface area contributed by atoms with Gasteiger partial charge in [0.25, 0.3) is 5.91 Å². The number of ether oxygens (including phenoxy) is 2. The van der Waals surface area contributed by atoms with Crippen LogP contribution in [-0.4, -0.2) is 30.6 Å². The van der Waals surface area contributed by atoms with Gasteiger partial charge in [0.15, 0.2) is 6.61 Å². The minimum absolute atomic E-state index is 0.0181. The molecule has 1 heterocycles. The van der Waals surface area contributed by atoms with E-state index in [1.165, 1.54) is 18.4 Å². The molecule has 28 heavy (non-hydrogen) atoms. The lowest BCUT2D eigenvalue weighted by Gasteiger charge is -2.09. The Morgan fingerprint density at radius 3 is 2.75 bits per heavy atom. The molecule has 3 rings (SSSR count). The van der Waals surface area contributed by atoms with Crippen LogP contribution in [0.3, 0.4) is 0 Å². The summed E-state index contributed by atoms with van der Waals surface area (Å²) < 4.78 is 10.2. The summed E-state index contributed by atoms with van der Waals surface area (Å²) in [7, 11) is 1.52. The number of nitrogens with zero attached hydrogens (tertiary/aromatic N) is 1. The third kappa shape index (κ3) is 5.17. The maximum absolute atomic E-state index is 12.0. The quantitative estimate of drug-likeness (QED) is 0.614. The van der Waals surface area contributed by atoms with Crippen molar-refractivity contribution in [3.05, 3.63) is 65.2 Å². The van der Waals surface area contributed by atoms with Crippen LogP contribution in [-0.2, 0) is 20.7 Å². The summed E-state index contributed by atoms with van der Waals surface area (Å²) in [6.45, 7) is 1.65. The zero-order valence-electron chi connectivity index (χ0n) is 15.6. The van der Waals surface area contributed by atoms with Crippen LogP contribution in [0.15, 0.2) is 53.9 Å². The highest BCUT2D eigenvalue weighted by atomic mass is 32.1. The maximum atomic E-state index is 12.0. The van der Waals surface area contributed by atoms with Gasteiger partial charge in [-0.1, -0.05) is 35.9 Å². The van der Waals surface area contributed by atoms with E-state index in [9.17, 15) is 9.59 Å². The molecule has 0 bridgehead atoms. The van der Waals surface area contributed by atoms with Gasteiger partial charge in [0.2, 0.25) is 0 Å². The average molecular weight is 396 g/mol. The van der Waals surface area contributed by atoms with Gasteiger partial charge in [0, 0.05) is 10.9 Å². The number of methoxy groups -OCH3 is 1. The lowest BCUT2D eigenvalue weighted by atomic mass is 10.1. The van der Waals surface area contributed by atoms with E-state index in [-0.39, 0.29) is 13.0 Å². The Morgan fingerprint density at radius 1 is 1.14 bits per heavy atom. The monoisotopic (exact) mass is 396 g/mol. The third-order valence-electron chi connectivity index (χ3n) is 3.89. The zero-order chi connectivity index (χ0) is 19.9. The summed E-state index contributed by atoms with van der Waals surface area (Å²) in [5.41, 5.74) is 3.31. The van der Waals surface area contributed by atoms with Crippen molar-refractivity contribution in [1.82, 2.24) is 4.98 Å². The lowest BCUT2D eigenvalue weighted by molar-refractivity contribution is -0.146. The normalized spacial score (nSPS) is 10.4. The van der Waals surface area contributed by atoms with E-state index in [1.807, 2.05) is 36.6 Å². The van der Waals surface area contributed by atoms with E-state index in [0.717, 1.165) is 16.1 Å². The van der Waals surface area contributed by atoms with Crippen molar-refractivity contribution in [3.63, 3.8) is 0 Å². The van der Waals surface area contributed by atoms with Crippen LogP contribution >= 0.6 is 11.3 Å². The van der Waals surface area contributed by atoms with Crippen LogP contribution in [0, 0.1) is 6.92 Å². The first-order chi connectivity index (χ1) is 13.5. The minimum Gasteiger partial charge on any atom is -0.495 e. The molecule has 0 aliphatic carbocycles. The van der Waals surface area contributed by atoms with Gasteiger partial charge < -0.3 is 14.8 Å². The first kappa shape index (κ1) is 19.6. The van der Waals surface area contributed by atoms with Crippen LogP contribution in [0.2, 0.25) is 0 Å². The SMILES string of the molecule is COc1ccccc1NC(=O)COC(=O)Cc1csc(-c2cccc(C)c2)n1. The number of nitrogens with one attached hydrogen (secondary N) is 1. The molecule has 0 atom stereocenters. The van der Waals surface area contributed by atoms with Crippen LogP contribution < -0.4 is 10.1 Å². The number of benzene rings is 2. The molecule has 0 saturated heterocycles. The predicted molar refractivity (Wildman–Crippen MR) is 109 cm³/mol. The average Bonchev–Trinajstić information content (AvgIpc) is 3.15. The Bertz CT molecular complexity index is 984. The van der Waals surface area contributed by atoms with Crippen molar-refractivity contribution >= 4 is 28.9 Å². The number of carbonyl (C=O) groups is 2. The summed E-state index contributed by atoms with van der Waals surface area (Å²) in [5, 5.41) is 5.33. The fraction of sp³-hybridized carbons (Fsp3) is 0.190. The summed E-state index contributed by atoms with van der Waals surface area (Å²) in [6.07, 6.45) is 0.0181. The second-order valence-electron chi connectivity index (χ2n) is 6.10. The molecule has 0 spiro atoms. The minimum atomic E-state index is -0.503. The van der Waals surface area contributed by atoms with Gasteiger partial charge in [0.1, 0.15) is 10.8 Å². The van der Waals surface area contributed by atoms with Crippen LogP contribution in [0.25, 0.3) is 10.6 Å². The zero-order valence-corrected chi connectivity index (χ0v) is 16.4. The number of thiazole rings is 1. The van der Waals surface area contributed by atoms with E-state index in [2.05, 4.69) is 10.3 Å². The van der Waals surface area contributed by atoms with Crippen molar-refractivity contribution in [2.45, 2.75) is 13.3 Å². The summed E-state index contributed by atoms with van der Waals surface area (Å²) in [6, 6.07) is 15.0. The molecule has 0 aliphatic heterocycles. The van der Waals surface area contributed by atoms with Gasteiger partial charge in [-0.2, -0.15) is 0 Å². The molecule has 3 aromatic rings. The van der Waals surface area contributed by atoms with Crippen molar-refractivity contribution in [2.24, 2.45) is 0 Å².